The number of aliphatic hydroxyl groups is 1. The second-order valence-corrected chi connectivity index (χ2v) is 4.74. The summed E-state index contributed by atoms with van der Waals surface area (Å²) in [5.74, 6) is 5.17. The van der Waals surface area contributed by atoms with Gasteiger partial charge in [0, 0.05) is 25.4 Å². The number of aromatic nitrogens is 1. The van der Waals surface area contributed by atoms with Gasteiger partial charge in [0.25, 0.3) is 5.91 Å². The molecule has 5 nitrogen and oxygen atoms in total. The van der Waals surface area contributed by atoms with Crippen molar-refractivity contribution in [3.8, 4) is 11.8 Å². The van der Waals surface area contributed by atoms with Gasteiger partial charge >= 0.3 is 0 Å². The molecule has 20 heavy (non-hydrogen) atoms. The third-order valence-corrected chi connectivity index (χ3v) is 3.45. The van der Waals surface area contributed by atoms with Crippen LogP contribution in [0.2, 0.25) is 0 Å². The summed E-state index contributed by atoms with van der Waals surface area (Å²) in [5, 5.41) is 8.62. The number of hydrogen-bond donors (Lipinski definition) is 1. The highest BCUT2D eigenvalue weighted by Crippen LogP contribution is 2.19. The summed E-state index contributed by atoms with van der Waals surface area (Å²) in [6.45, 7) is 2.47. The average Bonchev–Trinajstić information content (AvgIpc) is 2.90. The van der Waals surface area contributed by atoms with Gasteiger partial charge in [-0.05, 0) is 25.5 Å². The number of nitrogens with zero attached hydrogens (tertiary/aromatic N) is 2. The van der Waals surface area contributed by atoms with Gasteiger partial charge in [-0.3, -0.25) is 4.79 Å². The second kappa shape index (κ2) is 6.51. The topological polar surface area (TPSA) is 62.7 Å². The number of ether oxygens (including phenoxy) is 1. The van der Waals surface area contributed by atoms with E-state index in [4.69, 9.17) is 9.84 Å². The van der Waals surface area contributed by atoms with Gasteiger partial charge in [0.1, 0.15) is 12.3 Å². The largest absolute Gasteiger partial charge is 0.384 e. The van der Waals surface area contributed by atoms with E-state index in [2.05, 4.69) is 16.8 Å². The number of likely N-dealkylation sites (N-methyl/N-ethyl adjacent to an activating group) is 1. The lowest BCUT2D eigenvalue weighted by Gasteiger charge is -2.26. The molecule has 1 fully saturated rings. The average molecular weight is 274 g/mol. The van der Waals surface area contributed by atoms with E-state index < -0.39 is 0 Å². The Labute approximate surface area is 118 Å². The van der Waals surface area contributed by atoms with Crippen LogP contribution < -0.4 is 0 Å². The lowest BCUT2D eigenvalue weighted by molar-refractivity contribution is 0.0570. The van der Waals surface area contributed by atoms with Crippen LogP contribution in [0, 0.1) is 11.8 Å². The highest BCUT2D eigenvalue weighted by atomic mass is 16.5. The van der Waals surface area contributed by atoms with Crippen LogP contribution in [0.3, 0.4) is 0 Å². The van der Waals surface area contributed by atoms with E-state index in [1.807, 2.05) is 6.92 Å². The molecule has 1 aliphatic heterocycles. The molecular formula is C15H18N2O3. The fourth-order valence-corrected chi connectivity index (χ4v) is 2.30. The summed E-state index contributed by atoms with van der Waals surface area (Å²) in [4.78, 5) is 18.2. The van der Waals surface area contributed by atoms with Crippen molar-refractivity contribution in [1.29, 1.82) is 0 Å². The second-order valence-electron chi connectivity index (χ2n) is 4.74. The van der Waals surface area contributed by atoms with Crippen LogP contribution >= 0.6 is 0 Å². The Morgan fingerprint density at radius 1 is 1.60 bits per heavy atom. The Bertz CT molecular complexity index is 530. The van der Waals surface area contributed by atoms with E-state index in [-0.39, 0.29) is 24.7 Å². The zero-order valence-electron chi connectivity index (χ0n) is 11.7. The maximum Gasteiger partial charge on any atom is 0.272 e. The molecule has 1 aromatic rings. The third-order valence-electron chi connectivity index (χ3n) is 3.45. The van der Waals surface area contributed by atoms with E-state index in [1.165, 1.54) is 6.20 Å². The van der Waals surface area contributed by atoms with Crippen molar-refractivity contribution < 1.29 is 14.6 Å². The van der Waals surface area contributed by atoms with Crippen molar-refractivity contribution in [2.75, 3.05) is 20.3 Å². The van der Waals surface area contributed by atoms with Crippen molar-refractivity contribution in [1.82, 2.24) is 9.88 Å². The van der Waals surface area contributed by atoms with Crippen molar-refractivity contribution in [2.24, 2.45) is 0 Å². The first-order valence-corrected chi connectivity index (χ1v) is 6.58. The Hall–Kier alpha value is -1.90. The monoisotopic (exact) mass is 274 g/mol. The molecule has 106 valence electrons. The van der Waals surface area contributed by atoms with Gasteiger partial charge in [0.15, 0.2) is 0 Å². The Morgan fingerprint density at radius 2 is 2.40 bits per heavy atom. The van der Waals surface area contributed by atoms with Crippen LogP contribution in [0.25, 0.3) is 0 Å². The molecule has 0 aliphatic carbocycles. The van der Waals surface area contributed by atoms with Gasteiger partial charge in [0.2, 0.25) is 0 Å². The molecule has 1 saturated heterocycles. The van der Waals surface area contributed by atoms with E-state index in [9.17, 15) is 4.79 Å². The molecule has 0 aromatic carbocycles. The van der Waals surface area contributed by atoms with Gasteiger partial charge in [0.05, 0.1) is 12.1 Å². The molecule has 2 unspecified atom stereocenters. The van der Waals surface area contributed by atoms with E-state index in [0.29, 0.717) is 17.9 Å². The third kappa shape index (κ3) is 3.16. The molecular weight excluding hydrogens is 256 g/mol. The maximum absolute atomic E-state index is 12.3. The first-order valence-electron chi connectivity index (χ1n) is 6.58. The molecule has 1 aromatic heterocycles. The molecule has 1 aliphatic rings. The number of hydrogen-bond acceptors (Lipinski definition) is 4. The zero-order valence-corrected chi connectivity index (χ0v) is 11.7. The molecule has 2 heterocycles. The lowest BCUT2D eigenvalue weighted by atomic mass is 10.1. The maximum atomic E-state index is 12.3. The molecule has 0 saturated carbocycles. The van der Waals surface area contributed by atoms with E-state index in [1.54, 1.807) is 24.1 Å². The molecule has 0 bridgehead atoms. The summed E-state index contributed by atoms with van der Waals surface area (Å²) in [5.41, 5.74) is 1.07. The van der Waals surface area contributed by atoms with Gasteiger partial charge < -0.3 is 14.7 Å². The van der Waals surface area contributed by atoms with Gasteiger partial charge in [-0.1, -0.05) is 11.8 Å². The number of amides is 1. The summed E-state index contributed by atoms with van der Waals surface area (Å²) in [6.07, 6.45) is 2.44. The number of aliphatic hydroxyl groups excluding tert-OH is 1. The van der Waals surface area contributed by atoms with E-state index >= 15 is 0 Å². The van der Waals surface area contributed by atoms with Crippen LogP contribution in [0.5, 0.6) is 0 Å². The number of pyridine rings is 1. The van der Waals surface area contributed by atoms with E-state index in [0.717, 1.165) is 6.42 Å². The highest BCUT2D eigenvalue weighted by Gasteiger charge is 2.31. The SMILES string of the molecule is CC1OCCC1N(C)C(=O)c1ccc(C#CCO)cn1. The van der Waals surface area contributed by atoms with Crippen molar-refractivity contribution in [3.63, 3.8) is 0 Å². The predicted octanol–water partition coefficient (Wildman–Crippen LogP) is 0.675. The summed E-state index contributed by atoms with van der Waals surface area (Å²) < 4.78 is 5.48. The summed E-state index contributed by atoms with van der Waals surface area (Å²) in [7, 11) is 1.78. The molecule has 2 rings (SSSR count). The minimum Gasteiger partial charge on any atom is -0.384 e. The number of rotatable bonds is 2. The standard InChI is InChI=1S/C15H18N2O3/c1-11-14(7-9-20-11)17(2)15(19)13-6-5-12(10-16-13)4-3-8-18/h5-6,10-11,14,18H,7-9H2,1-2H3. The summed E-state index contributed by atoms with van der Waals surface area (Å²) in [6, 6.07) is 3.48. The number of carbonyl (C=O) groups is 1. The quantitative estimate of drug-likeness (QED) is 0.805. The molecule has 1 amide bonds. The first-order chi connectivity index (χ1) is 9.63. The zero-order chi connectivity index (χ0) is 14.5. The smallest absolute Gasteiger partial charge is 0.272 e. The van der Waals surface area contributed by atoms with Crippen LogP contribution in [-0.2, 0) is 4.74 Å². The molecule has 0 radical (unpaired) electrons. The van der Waals surface area contributed by atoms with Crippen LogP contribution in [0.1, 0.15) is 29.4 Å². The predicted molar refractivity (Wildman–Crippen MR) is 74.1 cm³/mol. The molecule has 0 spiro atoms. The Morgan fingerprint density at radius 3 is 2.95 bits per heavy atom. The first kappa shape index (κ1) is 14.5. The minimum atomic E-state index is -0.191. The fraction of sp³-hybridized carbons (Fsp3) is 0.467. The van der Waals surface area contributed by atoms with Crippen LogP contribution in [-0.4, -0.2) is 53.3 Å². The van der Waals surface area contributed by atoms with Crippen molar-refractivity contribution in [3.05, 3.63) is 29.6 Å². The number of carbonyl (C=O) groups excluding carboxylic acids is 1. The normalized spacial score (nSPS) is 21.1. The van der Waals surface area contributed by atoms with Crippen LogP contribution in [0.15, 0.2) is 18.3 Å². The van der Waals surface area contributed by atoms with Crippen LogP contribution in [0.4, 0.5) is 0 Å². The van der Waals surface area contributed by atoms with Crippen molar-refractivity contribution in [2.45, 2.75) is 25.5 Å². The Balaban J connectivity index is 2.08. The summed E-state index contributed by atoms with van der Waals surface area (Å²) >= 11 is 0. The molecule has 5 heteroatoms. The van der Waals surface area contributed by atoms with Gasteiger partial charge in [-0.2, -0.15) is 0 Å². The van der Waals surface area contributed by atoms with Crippen molar-refractivity contribution >= 4 is 5.91 Å². The minimum absolute atomic E-state index is 0.0543. The van der Waals surface area contributed by atoms with Gasteiger partial charge in [-0.15, -0.1) is 0 Å². The lowest BCUT2D eigenvalue weighted by Crippen LogP contribution is -2.41. The molecule has 1 N–H and O–H groups in total. The fourth-order valence-electron chi connectivity index (χ4n) is 2.30. The Kier molecular flexibility index (Phi) is 4.72. The molecule has 2 atom stereocenters. The van der Waals surface area contributed by atoms with Gasteiger partial charge in [-0.25, -0.2) is 4.98 Å². The highest BCUT2D eigenvalue weighted by molar-refractivity contribution is 5.92.